The molecule has 2 amide bonds. The maximum Gasteiger partial charge on any atom is 0.274 e. The highest BCUT2D eigenvalue weighted by molar-refractivity contribution is 6.35. The van der Waals surface area contributed by atoms with Crippen molar-refractivity contribution < 1.29 is 14.3 Å². The highest BCUT2D eigenvalue weighted by Crippen LogP contribution is 2.39. The molecule has 0 aliphatic carbocycles. The summed E-state index contributed by atoms with van der Waals surface area (Å²) in [6.45, 7) is 6.48. The van der Waals surface area contributed by atoms with Crippen LogP contribution in [0.1, 0.15) is 46.9 Å². The zero-order valence-corrected chi connectivity index (χ0v) is 26.9. The number of likely N-dealkylation sites (tertiary alicyclic amines) is 1. The van der Waals surface area contributed by atoms with E-state index in [1.54, 1.807) is 32.5 Å². The van der Waals surface area contributed by atoms with Gasteiger partial charge in [0.15, 0.2) is 0 Å². The molecule has 234 valence electrons. The quantitative estimate of drug-likeness (QED) is 0.203. The van der Waals surface area contributed by atoms with Crippen LogP contribution in [0.15, 0.2) is 67.0 Å². The second kappa shape index (κ2) is 14.6. The average Bonchev–Trinajstić information content (AvgIpc) is 3.05. The number of anilines is 1. The van der Waals surface area contributed by atoms with Crippen molar-refractivity contribution in [3.63, 3.8) is 0 Å². The summed E-state index contributed by atoms with van der Waals surface area (Å²) in [5.41, 5.74) is 7.12. The molecule has 3 N–H and O–H groups in total. The van der Waals surface area contributed by atoms with Gasteiger partial charge in [0.2, 0.25) is 5.91 Å². The van der Waals surface area contributed by atoms with Crippen LogP contribution in [0.3, 0.4) is 0 Å². The average molecular weight is 627 g/mol. The smallest absolute Gasteiger partial charge is 0.274 e. The first-order valence-corrected chi connectivity index (χ1v) is 15.5. The summed E-state index contributed by atoms with van der Waals surface area (Å²) in [4.78, 5) is 35.5. The number of hydrogen-bond acceptors (Lipinski definition) is 7. The number of aromatic nitrogens is 2. The largest absolute Gasteiger partial charge is 0.496 e. The van der Waals surface area contributed by atoms with Crippen molar-refractivity contribution in [2.24, 2.45) is 0 Å². The molecule has 10 heteroatoms. The molecule has 0 spiro atoms. The van der Waals surface area contributed by atoms with Crippen LogP contribution in [0.2, 0.25) is 5.02 Å². The summed E-state index contributed by atoms with van der Waals surface area (Å²) in [7, 11) is 3.53. The molecule has 45 heavy (non-hydrogen) atoms. The summed E-state index contributed by atoms with van der Waals surface area (Å²) in [5, 5.41) is 10.2. The normalized spacial score (nSPS) is 13.5. The monoisotopic (exact) mass is 626 g/mol. The van der Waals surface area contributed by atoms with Crippen molar-refractivity contribution in [1.29, 1.82) is 0 Å². The SMILES string of the molecule is CNCc1ccc(C(=O)Nc2cccc(-c3ccnc(-c4ccc(CNC5CCN(C(C)=O)CC5)c(OC)c4)c3Cl)c2C)nc1. The number of amides is 2. The van der Waals surface area contributed by atoms with E-state index in [1.807, 2.05) is 67.4 Å². The van der Waals surface area contributed by atoms with Gasteiger partial charge in [0.1, 0.15) is 11.4 Å². The lowest BCUT2D eigenvalue weighted by Crippen LogP contribution is -2.43. The van der Waals surface area contributed by atoms with E-state index in [0.29, 0.717) is 41.2 Å². The molecule has 4 aromatic rings. The Hall–Kier alpha value is -4.31. The minimum Gasteiger partial charge on any atom is -0.496 e. The summed E-state index contributed by atoms with van der Waals surface area (Å²) in [6.07, 6.45) is 5.30. The first kappa shape index (κ1) is 32.1. The van der Waals surface area contributed by atoms with Crippen molar-refractivity contribution in [3.8, 4) is 28.1 Å². The predicted molar refractivity (Wildman–Crippen MR) is 178 cm³/mol. The number of piperidine rings is 1. The topological polar surface area (TPSA) is 108 Å². The van der Waals surface area contributed by atoms with E-state index >= 15 is 0 Å². The third kappa shape index (κ3) is 7.50. The molecule has 0 bridgehead atoms. The number of pyridine rings is 2. The number of ether oxygens (including phenoxy) is 1. The third-order valence-electron chi connectivity index (χ3n) is 8.28. The van der Waals surface area contributed by atoms with Gasteiger partial charge in [-0.1, -0.05) is 41.9 Å². The molecular weight excluding hydrogens is 588 g/mol. The van der Waals surface area contributed by atoms with Gasteiger partial charge in [-0.15, -0.1) is 0 Å². The van der Waals surface area contributed by atoms with Gasteiger partial charge in [0.25, 0.3) is 5.91 Å². The summed E-state index contributed by atoms with van der Waals surface area (Å²) >= 11 is 7.03. The fourth-order valence-corrected chi connectivity index (χ4v) is 5.98. The Kier molecular flexibility index (Phi) is 10.4. The van der Waals surface area contributed by atoms with Crippen LogP contribution in [0.5, 0.6) is 5.75 Å². The Morgan fingerprint density at radius 2 is 1.82 bits per heavy atom. The van der Waals surface area contributed by atoms with Crippen molar-refractivity contribution in [1.82, 2.24) is 25.5 Å². The number of halogens is 1. The molecular formula is C35H39ClN6O3. The minimum atomic E-state index is -0.282. The summed E-state index contributed by atoms with van der Waals surface area (Å²) in [6, 6.07) is 17.6. The molecule has 9 nitrogen and oxygen atoms in total. The highest BCUT2D eigenvalue weighted by atomic mass is 35.5. The minimum absolute atomic E-state index is 0.135. The van der Waals surface area contributed by atoms with E-state index in [1.165, 1.54) is 0 Å². The van der Waals surface area contributed by atoms with E-state index in [2.05, 4.69) is 25.9 Å². The number of carbonyl (C=O) groups is 2. The molecule has 2 aromatic heterocycles. The fraction of sp³-hybridized carbons (Fsp3) is 0.314. The summed E-state index contributed by atoms with van der Waals surface area (Å²) < 4.78 is 5.77. The highest BCUT2D eigenvalue weighted by Gasteiger charge is 2.21. The van der Waals surface area contributed by atoms with Crippen LogP contribution in [-0.2, 0) is 17.9 Å². The van der Waals surface area contributed by atoms with Crippen molar-refractivity contribution >= 4 is 29.1 Å². The van der Waals surface area contributed by atoms with Crippen molar-refractivity contribution in [3.05, 3.63) is 94.4 Å². The molecule has 0 radical (unpaired) electrons. The van der Waals surface area contributed by atoms with Crippen LogP contribution in [0.25, 0.3) is 22.4 Å². The number of carbonyl (C=O) groups excluding carboxylic acids is 2. The van der Waals surface area contributed by atoms with Crippen LogP contribution in [0.4, 0.5) is 5.69 Å². The van der Waals surface area contributed by atoms with Crippen molar-refractivity contribution in [2.75, 3.05) is 32.6 Å². The standard InChI is InChI=1S/C35H39ClN6O3/c1-22-28(6-5-7-30(22)41-35(44)31-11-8-24(19-37-3)20-40-31)29-12-15-38-34(33(29)36)25-9-10-26(32(18-25)45-4)21-39-27-13-16-42(17-14-27)23(2)43/h5-12,15,18,20,27,37,39H,13-14,16-17,19,21H2,1-4H3,(H,41,44). The predicted octanol–water partition coefficient (Wildman–Crippen LogP) is 5.85. The first-order valence-electron chi connectivity index (χ1n) is 15.1. The fourth-order valence-electron chi connectivity index (χ4n) is 5.66. The maximum atomic E-state index is 13.0. The van der Waals surface area contributed by atoms with Gasteiger partial charge in [0, 0.05) is 73.9 Å². The van der Waals surface area contributed by atoms with Gasteiger partial charge in [-0.3, -0.25) is 19.6 Å². The lowest BCUT2D eigenvalue weighted by atomic mass is 9.97. The number of hydrogen-bond donors (Lipinski definition) is 3. The van der Waals surface area contributed by atoms with E-state index in [9.17, 15) is 9.59 Å². The van der Waals surface area contributed by atoms with Crippen LogP contribution in [0, 0.1) is 6.92 Å². The molecule has 1 aliphatic heterocycles. The van der Waals surface area contributed by atoms with Gasteiger partial charge in [0.05, 0.1) is 17.8 Å². The Labute approximate surface area is 269 Å². The number of nitrogens with one attached hydrogen (secondary N) is 3. The van der Waals surface area contributed by atoms with Gasteiger partial charge < -0.3 is 25.6 Å². The first-order chi connectivity index (χ1) is 21.8. The molecule has 3 heterocycles. The molecule has 5 rings (SSSR count). The number of rotatable bonds is 10. The second-order valence-corrected chi connectivity index (χ2v) is 11.6. The number of nitrogens with zero attached hydrogens (tertiary/aromatic N) is 3. The molecule has 0 atom stereocenters. The van der Waals surface area contributed by atoms with Crippen LogP contribution >= 0.6 is 11.6 Å². The van der Waals surface area contributed by atoms with E-state index in [-0.39, 0.29) is 11.8 Å². The Bertz CT molecular complexity index is 1670. The van der Waals surface area contributed by atoms with Gasteiger partial charge >= 0.3 is 0 Å². The molecule has 0 unspecified atom stereocenters. The van der Waals surface area contributed by atoms with Crippen LogP contribution < -0.4 is 20.7 Å². The second-order valence-electron chi connectivity index (χ2n) is 11.2. The lowest BCUT2D eigenvalue weighted by molar-refractivity contribution is -0.129. The van der Waals surface area contributed by atoms with E-state index in [0.717, 1.165) is 65.1 Å². The van der Waals surface area contributed by atoms with Gasteiger partial charge in [-0.05, 0) is 67.8 Å². The van der Waals surface area contributed by atoms with E-state index in [4.69, 9.17) is 16.3 Å². The molecule has 1 fully saturated rings. The molecule has 2 aromatic carbocycles. The van der Waals surface area contributed by atoms with Gasteiger partial charge in [-0.2, -0.15) is 0 Å². The zero-order valence-electron chi connectivity index (χ0n) is 26.1. The Morgan fingerprint density at radius 3 is 2.51 bits per heavy atom. The molecule has 1 aliphatic rings. The van der Waals surface area contributed by atoms with Gasteiger partial charge in [-0.25, -0.2) is 0 Å². The van der Waals surface area contributed by atoms with E-state index < -0.39 is 0 Å². The molecule has 0 saturated carbocycles. The lowest BCUT2D eigenvalue weighted by Gasteiger charge is -2.32. The molecule has 1 saturated heterocycles. The number of benzene rings is 2. The van der Waals surface area contributed by atoms with Crippen LogP contribution in [-0.4, -0.2) is 60.0 Å². The Balaban J connectivity index is 1.33. The maximum absolute atomic E-state index is 13.0. The Morgan fingerprint density at radius 1 is 1.02 bits per heavy atom. The number of methoxy groups -OCH3 is 1. The third-order valence-corrected chi connectivity index (χ3v) is 8.66. The zero-order chi connectivity index (χ0) is 31.9. The summed E-state index contributed by atoms with van der Waals surface area (Å²) in [5.74, 6) is 0.602. The van der Waals surface area contributed by atoms with Crippen molar-refractivity contribution in [2.45, 2.75) is 45.8 Å².